The number of hydrogen-bond acceptors (Lipinski definition) is 4. The standard InChI is InChI=1S/C18H20F3N3O3/c1-11-22-6-7-24(11)15-4-3-13(18(19,20)21)9-14(15)23-17(25)16(26-2)12-5-8-27-10-12/h3-4,6-7,9,12,16H,5,8,10H2,1-2H3,(H,23,25). The molecule has 0 spiro atoms. The normalized spacial score (nSPS) is 18.5. The number of alkyl halides is 3. The van der Waals surface area contributed by atoms with Gasteiger partial charge in [0.1, 0.15) is 11.9 Å². The van der Waals surface area contributed by atoms with Crippen LogP contribution in [0.5, 0.6) is 0 Å². The summed E-state index contributed by atoms with van der Waals surface area (Å²) < 4.78 is 51.6. The number of carbonyl (C=O) groups excluding carboxylic acids is 1. The highest BCUT2D eigenvalue weighted by Crippen LogP contribution is 2.34. The van der Waals surface area contributed by atoms with Gasteiger partial charge < -0.3 is 19.4 Å². The number of carbonyl (C=O) groups is 1. The molecule has 1 aromatic carbocycles. The molecule has 2 aromatic rings. The highest BCUT2D eigenvalue weighted by molar-refractivity contribution is 5.96. The van der Waals surface area contributed by atoms with Crippen molar-refractivity contribution in [1.29, 1.82) is 0 Å². The third kappa shape index (κ3) is 4.14. The van der Waals surface area contributed by atoms with E-state index in [1.165, 1.54) is 19.4 Å². The number of rotatable bonds is 5. The quantitative estimate of drug-likeness (QED) is 0.861. The summed E-state index contributed by atoms with van der Waals surface area (Å²) in [5.74, 6) is -0.0664. The van der Waals surface area contributed by atoms with Crippen molar-refractivity contribution in [2.45, 2.75) is 25.6 Å². The van der Waals surface area contributed by atoms with E-state index in [1.54, 1.807) is 17.7 Å². The van der Waals surface area contributed by atoms with Gasteiger partial charge in [0.25, 0.3) is 5.91 Å². The van der Waals surface area contributed by atoms with Crippen LogP contribution in [-0.2, 0) is 20.4 Å². The molecule has 27 heavy (non-hydrogen) atoms. The summed E-state index contributed by atoms with van der Waals surface area (Å²) in [4.78, 5) is 16.8. The van der Waals surface area contributed by atoms with Crippen LogP contribution in [0.4, 0.5) is 18.9 Å². The third-order valence-corrected chi connectivity index (χ3v) is 4.57. The number of nitrogens with one attached hydrogen (secondary N) is 1. The molecule has 1 saturated heterocycles. The lowest BCUT2D eigenvalue weighted by Gasteiger charge is -2.22. The largest absolute Gasteiger partial charge is 0.416 e. The fraction of sp³-hybridized carbons (Fsp3) is 0.444. The smallest absolute Gasteiger partial charge is 0.381 e. The Morgan fingerprint density at radius 3 is 2.78 bits per heavy atom. The van der Waals surface area contributed by atoms with Gasteiger partial charge in [-0.3, -0.25) is 4.79 Å². The van der Waals surface area contributed by atoms with Gasteiger partial charge in [0, 0.05) is 32.0 Å². The van der Waals surface area contributed by atoms with E-state index in [1.807, 2.05) is 0 Å². The van der Waals surface area contributed by atoms with Gasteiger partial charge in [-0.25, -0.2) is 4.98 Å². The number of imidazole rings is 1. The van der Waals surface area contributed by atoms with Gasteiger partial charge in [0.05, 0.1) is 23.5 Å². The lowest BCUT2D eigenvalue weighted by Crippen LogP contribution is -2.36. The van der Waals surface area contributed by atoms with Crippen molar-refractivity contribution in [3.05, 3.63) is 42.0 Å². The molecule has 1 aromatic heterocycles. The highest BCUT2D eigenvalue weighted by atomic mass is 19.4. The molecule has 3 rings (SSSR count). The SMILES string of the molecule is COC(C(=O)Nc1cc(C(F)(F)F)ccc1-n1ccnc1C)C1CCOC1. The lowest BCUT2D eigenvalue weighted by molar-refractivity contribution is -0.137. The van der Waals surface area contributed by atoms with E-state index in [4.69, 9.17) is 9.47 Å². The highest BCUT2D eigenvalue weighted by Gasteiger charge is 2.34. The fourth-order valence-electron chi connectivity index (χ4n) is 3.16. The van der Waals surface area contributed by atoms with Gasteiger partial charge in [-0.15, -0.1) is 0 Å². The summed E-state index contributed by atoms with van der Waals surface area (Å²) in [6.07, 6.45) is -1.53. The van der Waals surface area contributed by atoms with Crippen LogP contribution in [0.1, 0.15) is 17.8 Å². The predicted molar refractivity (Wildman–Crippen MR) is 91.7 cm³/mol. The molecule has 9 heteroatoms. The van der Waals surface area contributed by atoms with Crippen molar-refractivity contribution < 1.29 is 27.4 Å². The average Bonchev–Trinajstić information content (AvgIpc) is 3.27. The van der Waals surface area contributed by atoms with Crippen molar-refractivity contribution >= 4 is 11.6 Å². The molecule has 2 unspecified atom stereocenters. The molecular weight excluding hydrogens is 363 g/mol. The van der Waals surface area contributed by atoms with Crippen LogP contribution in [0, 0.1) is 12.8 Å². The van der Waals surface area contributed by atoms with Crippen LogP contribution in [0.2, 0.25) is 0 Å². The van der Waals surface area contributed by atoms with E-state index in [0.717, 1.165) is 12.1 Å². The second kappa shape index (κ2) is 7.69. The van der Waals surface area contributed by atoms with Crippen LogP contribution < -0.4 is 5.32 Å². The first-order valence-electron chi connectivity index (χ1n) is 8.44. The van der Waals surface area contributed by atoms with E-state index in [-0.39, 0.29) is 11.6 Å². The first-order valence-corrected chi connectivity index (χ1v) is 8.44. The molecule has 2 atom stereocenters. The lowest BCUT2D eigenvalue weighted by atomic mass is 10.0. The molecule has 1 aliphatic rings. The molecule has 0 bridgehead atoms. The zero-order valence-electron chi connectivity index (χ0n) is 14.9. The number of anilines is 1. The summed E-state index contributed by atoms with van der Waals surface area (Å²) in [5.41, 5.74) is -0.418. The zero-order valence-corrected chi connectivity index (χ0v) is 14.9. The second-order valence-corrected chi connectivity index (χ2v) is 6.34. The molecule has 0 aliphatic carbocycles. The van der Waals surface area contributed by atoms with E-state index in [2.05, 4.69) is 10.3 Å². The Morgan fingerprint density at radius 1 is 1.44 bits per heavy atom. The topological polar surface area (TPSA) is 65.4 Å². The monoisotopic (exact) mass is 383 g/mol. The van der Waals surface area contributed by atoms with Crippen LogP contribution in [0.3, 0.4) is 0 Å². The maximum atomic E-state index is 13.2. The van der Waals surface area contributed by atoms with E-state index in [0.29, 0.717) is 31.1 Å². The Balaban J connectivity index is 1.96. The van der Waals surface area contributed by atoms with Gasteiger partial charge in [-0.1, -0.05) is 0 Å². The maximum Gasteiger partial charge on any atom is 0.416 e. The van der Waals surface area contributed by atoms with Crippen LogP contribution in [0.15, 0.2) is 30.6 Å². The minimum absolute atomic E-state index is 0.0388. The Hall–Kier alpha value is -2.39. The molecule has 1 aliphatic heterocycles. The summed E-state index contributed by atoms with van der Waals surface area (Å²) in [7, 11) is 1.40. The molecule has 0 radical (unpaired) electrons. The van der Waals surface area contributed by atoms with E-state index >= 15 is 0 Å². The van der Waals surface area contributed by atoms with E-state index < -0.39 is 23.8 Å². The van der Waals surface area contributed by atoms with Gasteiger partial charge >= 0.3 is 6.18 Å². The Kier molecular flexibility index (Phi) is 5.52. The summed E-state index contributed by atoms with van der Waals surface area (Å²) in [6.45, 7) is 2.62. The molecule has 146 valence electrons. The fourth-order valence-corrected chi connectivity index (χ4v) is 3.16. The van der Waals surface area contributed by atoms with Gasteiger partial charge in [-0.05, 0) is 31.5 Å². The second-order valence-electron chi connectivity index (χ2n) is 6.34. The molecule has 0 saturated carbocycles. The van der Waals surface area contributed by atoms with Crippen LogP contribution >= 0.6 is 0 Å². The first kappa shape index (κ1) is 19.4. The molecule has 1 amide bonds. The Bertz CT molecular complexity index is 814. The number of hydrogen-bond donors (Lipinski definition) is 1. The molecule has 1 fully saturated rings. The minimum Gasteiger partial charge on any atom is -0.381 e. The average molecular weight is 383 g/mol. The Labute approximate surface area is 154 Å². The summed E-state index contributed by atoms with van der Waals surface area (Å²) >= 11 is 0. The minimum atomic E-state index is -4.53. The molecule has 2 heterocycles. The number of aryl methyl sites for hydroxylation is 1. The number of methoxy groups -OCH3 is 1. The summed E-state index contributed by atoms with van der Waals surface area (Å²) in [6, 6.07) is 3.21. The van der Waals surface area contributed by atoms with Crippen LogP contribution in [-0.4, -0.2) is 41.9 Å². The summed E-state index contributed by atoms with van der Waals surface area (Å²) in [5, 5.41) is 2.60. The predicted octanol–water partition coefficient (Wildman–Crippen LogP) is 3.19. The number of ether oxygens (including phenoxy) is 2. The van der Waals surface area contributed by atoms with Crippen molar-refractivity contribution in [1.82, 2.24) is 9.55 Å². The van der Waals surface area contributed by atoms with Crippen molar-refractivity contribution in [3.63, 3.8) is 0 Å². The third-order valence-electron chi connectivity index (χ3n) is 4.57. The maximum absolute atomic E-state index is 13.2. The number of benzene rings is 1. The zero-order chi connectivity index (χ0) is 19.6. The number of aromatic nitrogens is 2. The molecule has 6 nitrogen and oxygen atoms in total. The number of amides is 1. The number of halogens is 3. The molecular formula is C18H20F3N3O3. The van der Waals surface area contributed by atoms with Crippen molar-refractivity contribution in [2.75, 3.05) is 25.6 Å². The van der Waals surface area contributed by atoms with Gasteiger partial charge in [0.15, 0.2) is 0 Å². The van der Waals surface area contributed by atoms with E-state index in [9.17, 15) is 18.0 Å². The van der Waals surface area contributed by atoms with Crippen molar-refractivity contribution in [3.8, 4) is 5.69 Å². The van der Waals surface area contributed by atoms with Gasteiger partial charge in [0.2, 0.25) is 0 Å². The van der Waals surface area contributed by atoms with Crippen molar-refractivity contribution in [2.24, 2.45) is 5.92 Å². The number of nitrogens with zero attached hydrogens (tertiary/aromatic N) is 2. The molecule has 1 N–H and O–H groups in total. The van der Waals surface area contributed by atoms with Gasteiger partial charge in [-0.2, -0.15) is 13.2 Å². The Morgan fingerprint density at radius 2 is 2.22 bits per heavy atom. The first-order chi connectivity index (χ1) is 12.8. The van der Waals surface area contributed by atoms with Crippen LogP contribution in [0.25, 0.3) is 5.69 Å².